The van der Waals surface area contributed by atoms with Gasteiger partial charge in [-0.15, -0.1) is 0 Å². The van der Waals surface area contributed by atoms with Crippen molar-refractivity contribution in [3.8, 4) is 5.75 Å². The second kappa shape index (κ2) is 8.56. The third-order valence-electron chi connectivity index (χ3n) is 5.85. The Labute approximate surface area is 195 Å². The maximum absolute atomic E-state index is 13.0. The average Bonchev–Trinajstić information content (AvgIpc) is 3.44. The van der Waals surface area contributed by atoms with Gasteiger partial charge in [-0.2, -0.15) is 0 Å². The Balaban J connectivity index is 1.30. The Kier molecular flexibility index (Phi) is 5.73. The van der Waals surface area contributed by atoms with E-state index < -0.39 is 15.8 Å². The lowest BCUT2D eigenvalue weighted by Gasteiger charge is -2.37. The summed E-state index contributed by atoms with van der Waals surface area (Å²) in [5, 5.41) is 0.237. The molecule has 1 N–H and O–H groups in total. The van der Waals surface area contributed by atoms with Crippen LogP contribution < -0.4 is 9.46 Å². The van der Waals surface area contributed by atoms with Crippen LogP contribution in [0.25, 0.3) is 10.2 Å². The normalized spacial score (nSPS) is 18.0. The number of rotatable bonds is 5. The Morgan fingerprint density at radius 3 is 2.48 bits per heavy atom. The zero-order valence-electron chi connectivity index (χ0n) is 17.9. The van der Waals surface area contributed by atoms with Crippen molar-refractivity contribution >= 4 is 42.6 Å². The number of anilines is 1. The number of nitrogens with one attached hydrogen (secondary N) is 1. The molecule has 1 amide bonds. The molecule has 2 aromatic carbocycles. The van der Waals surface area contributed by atoms with E-state index in [0.717, 1.165) is 4.70 Å². The predicted octanol–water partition coefficient (Wildman–Crippen LogP) is 3.08. The Hall–Kier alpha value is -2.73. The van der Waals surface area contributed by atoms with E-state index in [1.54, 1.807) is 35.2 Å². The van der Waals surface area contributed by atoms with Crippen molar-refractivity contribution in [2.45, 2.75) is 23.5 Å². The number of sulfonamides is 1. The fraction of sp³-hybridized carbons (Fsp3) is 0.364. The van der Waals surface area contributed by atoms with Crippen molar-refractivity contribution in [1.29, 1.82) is 0 Å². The number of likely N-dealkylation sites (tertiary alicyclic amines) is 1. The van der Waals surface area contributed by atoms with Gasteiger partial charge in [0, 0.05) is 31.5 Å². The molecule has 2 aliphatic heterocycles. The van der Waals surface area contributed by atoms with Gasteiger partial charge >= 0.3 is 0 Å². The smallest absolute Gasteiger partial charge is 0.263 e. The van der Waals surface area contributed by atoms with Crippen molar-refractivity contribution < 1.29 is 27.4 Å². The first kappa shape index (κ1) is 22.1. The molecule has 0 atom stereocenters. The molecule has 0 bridgehead atoms. The van der Waals surface area contributed by atoms with E-state index in [4.69, 9.17) is 14.2 Å². The van der Waals surface area contributed by atoms with Gasteiger partial charge in [0.1, 0.15) is 5.75 Å². The first-order chi connectivity index (χ1) is 15.9. The maximum Gasteiger partial charge on any atom is 0.263 e. The van der Waals surface area contributed by atoms with Gasteiger partial charge in [-0.3, -0.25) is 9.52 Å². The van der Waals surface area contributed by atoms with Crippen molar-refractivity contribution in [3.05, 3.63) is 48.0 Å². The minimum atomic E-state index is -3.80. The van der Waals surface area contributed by atoms with E-state index in [2.05, 4.69) is 9.71 Å². The molecule has 1 spiro atoms. The molecule has 174 valence electrons. The van der Waals surface area contributed by atoms with Gasteiger partial charge in [0.05, 0.1) is 35.4 Å². The van der Waals surface area contributed by atoms with E-state index in [9.17, 15) is 13.2 Å². The maximum atomic E-state index is 13.0. The molecule has 0 radical (unpaired) electrons. The summed E-state index contributed by atoms with van der Waals surface area (Å²) in [5.74, 6) is -0.0363. The summed E-state index contributed by atoms with van der Waals surface area (Å²) >= 11 is 1.18. The fourth-order valence-electron chi connectivity index (χ4n) is 4.05. The number of amides is 1. The topological polar surface area (TPSA) is 107 Å². The molecule has 5 rings (SSSR count). The summed E-state index contributed by atoms with van der Waals surface area (Å²) < 4.78 is 45.2. The van der Waals surface area contributed by atoms with Crippen LogP contribution in [-0.2, 0) is 19.5 Å². The zero-order chi connectivity index (χ0) is 23.1. The largest absolute Gasteiger partial charge is 0.497 e. The first-order valence-corrected chi connectivity index (χ1v) is 12.8. The van der Waals surface area contributed by atoms with Crippen molar-refractivity contribution in [1.82, 2.24) is 9.88 Å². The third-order valence-corrected chi connectivity index (χ3v) is 8.27. The highest BCUT2D eigenvalue weighted by molar-refractivity contribution is 7.93. The lowest BCUT2D eigenvalue weighted by atomic mass is 10.0. The molecule has 2 aliphatic rings. The second-order valence-corrected chi connectivity index (χ2v) is 10.6. The van der Waals surface area contributed by atoms with E-state index in [0.29, 0.717) is 56.0 Å². The van der Waals surface area contributed by atoms with Crippen molar-refractivity contribution in [2.24, 2.45) is 0 Å². The van der Waals surface area contributed by atoms with Crippen LogP contribution in [0, 0.1) is 0 Å². The van der Waals surface area contributed by atoms with Crippen molar-refractivity contribution in [2.75, 3.05) is 38.1 Å². The molecule has 2 saturated heterocycles. The summed E-state index contributed by atoms with van der Waals surface area (Å²) in [6.45, 7) is 2.32. The number of hydrogen-bond acceptors (Lipinski definition) is 8. The number of carbonyl (C=O) groups is 1. The van der Waals surface area contributed by atoms with E-state index in [1.165, 1.54) is 30.6 Å². The number of thiazole rings is 1. The van der Waals surface area contributed by atoms with Gasteiger partial charge in [0.15, 0.2) is 10.9 Å². The van der Waals surface area contributed by atoms with Gasteiger partial charge in [-0.05, 0) is 42.5 Å². The number of carbonyl (C=O) groups excluding carboxylic acids is 1. The Morgan fingerprint density at radius 1 is 1.12 bits per heavy atom. The standard InChI is InChI=1S/C22H23N3O6S2/c1-29-16-3-5-17(6-4-16)33(27,28)24-21-23-18-7-2-15(14-19(18)32-21)20(26)25-10-8-22(9-11-25)30-12-13-31-22/h2-7,14H,8-13H2,1H3,(H,23,24). The summed E-state index contributed by atoms with van der Waals surface area (Å²) in [6.07, 6.45) is 1.30. The van der Waals surface area contributed by atoms with Gasteiger partial charge in [0.2, 0.25) is 0 Å². The molecule has 3 aromatic rings. The predicted molar refractivity (Wildman–Crippen MR) is 123 cm³/mol. The van der Waals surface area contributed by atoms with Crippen LogP contribution in [0.15, 0.2) is 47.4 Å². The Morgan fingerprint density at radius 2 is 1.82 bits per heavy atom. The molecule has 0 unspecified atom stereocenters. The third kappa shape index (κ3) is 4.41. The molecule has 11 heteroatoms. The monoisotopic (exact) mass is 489 g/mol. The molecule has 0 aliphatic carbocycles. The van der Waals surface area contributed by atoms with Crippen LogP contribution in [0.1, 0.15) is 23.2 Å². The van der Waals surface area contributed by atoms with Crippen molar-refractivity contribution in [3.63, 3.8) is 0 Å². The summed E-state index contributed by atoms with van der Waals surface area (Å²) in [6, 6.07) is 11.3. The van der Waals surface area contributed by atoms with Crippen LogP contribution in [-0.4, -0.2) is 63.4 Å². The Bertz CT molecular complexity index is 1270. The van der Waals surface area contributed by atoms with Crippen LogP contribution in [0.2, 0.25) is 0 Å². The molecular weight excluding hydrogens is 466 g/mol. The molecule has 33 heavy (non-hydrogen) atoms. The van der Waals surface area contributed by atoms with E-state index >= 15 is 0 Å². The number of fused-ring (bicyclic) bond motifs is 1. The molecule has 9 nitrogen and oxygen atoms in total. The highest BCUT2D eigenvalue weighted by Gasteiger charge is 2.40. The number of piperidine rings is 1. The van der Waals surface area contributed by atoms with Gasteiger partial charge in [-0.1, -0.05) is 11.3 Å². The number of benzene rings is 2. The molecule has 1 aromatic heterocycles. The highest BCUT2D eigenvalue weighted by Crippen LogP contribution is 2.33. The molecular formula is C22H23N3O6S2. The number of nitrogens with zero attached hydrogens (tertiary/aromatic N) is 2. The summed E-state index contributed by atoms with van der Waals surface area (Å²) in [5.41, 5.74) is 1.16. The number of methoxy groups -OCH3 is 1. The highest BCUT2D eigenvalue weighted by atomic mass is 32.2. The summed E-state index contributed by atoms with van der Waals surface area (Å²) in [4.78, 5) is 19.3. The molecule has 3 heterocycles. The van der Waals surface area contributed by atoms with Crippen LogP contribution in [0.5, 0.6) is 5.75 Å². The second-order valence-electron chi connectivity index (χ2n) is 7.88. The lowest BCUT2D eigenvalue weighted by molar-refractivity contribution is -0.181. The minimum absolute atomic E-state index is 0.0708. The van der Waals surface area contributed by atoms with Gasteiger partial charge in [0.25, 0.3) is 15.9 Å². The number of ether oxygens (including phenoxy) is 3. The summed E-state index contributed by atoms with van der Waals surface area (Å²) in [7, 11) is -2.28. The van der Waals surface area contributed by atoms with Gasteiger partial charge < -0.3 is 19.1 Å². The zero-order valence-corrected chi connectivity index (χ0v) is 19.6. The van der Waals surface area contributed by atoms with Crippen LogP contribution >= 0.6 is 11.3 Å². The van der Waals surface area contributed by atoms with Gasteiger partial charge in [-0.25, -0.2) is 13.4 Å². The molecule has 2 fully saturated rings. The SMILES string of the molecule is COc1ccc(S(=O)(=O)Nc2nc3ccc(C(=O)N4CCC5(CC4)OCCO5)cc3s2)cc1. The minimum Gasteiger partial charge on any atom is -0.497 e. The number of aromatic nitrogens is 1. The average molecular weight is 490 g/mol. The van der Waals surface area contributed by atoms with E-state index in [1.807, 2.05) is 0 Å². The quantitative estimate of drug-likeness (QED) is 0.587. The van der Waals surface area contributed by atoms with E-state index in [-0.39, 0.29) is 15.9 Å². The molecule has 0 saturated carbocycles. The fourth-order valence-corrected chi connectivity index (χ4v) is 6.19. The number of hydrogen-bond donors (Lipinski definition) is 1. The van der Waals surface area contributed by atoms with Crippen LogP contribution in [0.3, 0.4) is 0 Å². The first-order valence-electron chi connectivity index (χ1n) is 10.5. The van der Waals surface area contributed by atoms with Crippen LogP contribution in [0.4, 0.5) is 5.13 Å². The lowest BCUT2D eigenvalue weighted by Crippen LogP contribution is -2.47.